The number of hydrogen-bond donors (Lipinski definition) is 1. The van der Waals surface area contributed by atoms with E-state index in [-0.39, 0.29) is 5.69 Å². The largest absolute Gasteiger partial charge is 0.326 e. The number of imidazole rings is 1. The second-order valence-corrected chi connectivity index (χ2v) is 5.46. The molecule has 1 aliphatic rings. The van der Waals surface area contributed by atoms with Gasteiger partial charge in [-0.25, -0.2) is 4.79 Å². The van der Waals surface area contributed by atoms with E-state index in [1.807, 2.05) is 22.8 Å². The van der Waals surface area contributed by atoms with Crippen LogP contribution in [0.5, 0.6) is 0 Å². The van der Waals surface area contributed by atoms with Crippen molar-refractivity contribution in [2.75, 3.05) is 0 Å². The van der Waals surface area contributed by atoms with Crippen LogP contribution in [-0.2, 0) is 0 Å². The van der Waals surface area contributed by atoms with Gasteiger partial charge in [-0.1, -0.05) is 15.9 Å². The van der Waals surface area contributed by atoms with Crippen molar-refractivity contribution in [2.45, 2.75) is 25.8 Å². The standard InChI is InChI=1S/C12H13BrN2O/c1-7(8-2-3-8)15-11-6-9(13)4-5-10(11)14-12(15)16/h4-8H,2-3H2,1H3,(H,14,16). The monoisotopic (exact) mass is 280 g/mol. The summed E-state index contributed by atoms with van der Waals surface area (Å²) in [5.41, 5.74) is 1.92. The zero-order chi connectivity index (χ0) is 11.3. The Morgan fingerprint density at radius 1 is 1.50 bits per heavy atom. The Labute approximate surface area is 102 Å². The van der Waals surface area contributed by atoms with Crippen LogP contribution in [0, 0.1) is 5.92 Å². The molecule has 4 heteroatoms. The van der Waals surface area contributed by atoms with E-state index in [4.69, 9.17) is 0 Å². The number of halogens is 1. The summed E-state index contributed by atoms with van der Waals surface area (Å²) in [6.07, 6.45) is 2.49. The number of hydrogen-bond acceptors (Lipinski definition) is 1. The van der Waals surface area contributed by atoms with E-state index in [0.717, 1.165) is 15.5 Å². The van der Waals surface area contributed by atoms with Crippen LogP contribution in [0.4, 0.5) is 0 Å². The van der Waals surface area contributed by atoms with Crippen molar-refractivity contribution in [1.29, 1.82) is 0 Å². The first-order valence-electron chi connectivity index (χ1n) is 5.56. The summed E-state index contributed by atoms with van der Waals surface area (Å²) in [5.74, 6) is 0.677. The highest BCUT2D eigenvalue weighted by molar-refractivity contribution is 9.10. The molecule has 0 amide bonds. The Morgan fingerprint density at radius 2 is 2.25 bits per heavy atom. The quantitative estimate of drug-likeness (QED) is 0.902. The minimum atomic E-state index is 0.00694. The summed E-state index contributed by atoms with van der Waals surface area (Å²) in [5, 5.41) is 0. The molecule has 16 heavy (non-hydrogen) atoms. The Balaban J connectivity index is 2.24. The molecule has 0 bridgehead atoms. The first kappa shape index (κ1) is 10.1. The molecular formula is C12H13BrN2O. The maximum Gasteiger partial charge on any atom is 0.326 e. The number of H-pyrrole nitrogens is 1. The topological polar surface area (TPSA) is 37.8 Å². The fourth-order valence-corrected chi connectivity index (χ4v) is 2.64. The van der Waals surface area contributed by atoms with Crippen LogP contribution in [0.25, 0.3) is 11.0 Å². The Hall–Kier alpha value is -1.03. The lowest BCUT2D eigenvalue weighted by molar-refractivity contribution is 0.485. The fourth-order valence-electron chi connectivity index (χ4n) is 2.29. The summed E-state index contributed by atoms with van der Waals surface area (Å²) in [7, 11) is 0. The minimum absolute atomic E-state index is 0.00694. The van der Waals surface area contributed by atoms with Crippen molar-refractivity contribution in [3.8, 4) is 0 Å². The van der Waals surface area contributed by atoms with Gasteiger partial charge in [0.2, 0.25) is 0 Å². The van der Waals surface area contributed by atoms with Gasteiger partial charge in [-0.05, 0) is 43.9 Å². The second kappa shape index (κ2) is 3.48. The number of nitrogens with one attached hydrogen (secondary N) is 1. The van der Waals surface area contributed by atoms with Crippen LogP contribution < -0.4 is 5.69 Å². The molecule has 1 atom stereocenters. The third kappa shape index (κ3) is 1.52. The highest BCUT2D eigenvalue weighted by Crippen LogP contribution is 2.39. The van der Waals surface area contributed by atoms with Crippen molar-refractivity contribution >= 4 is 27.0 Å². The number of aromatic amines is 1. The average Bonchev–Trinajstić information content (AvgIpc) is 3.01. The van der Waals surface area contributed by atoms with Gasteiger partial charge in [0.15, 0.2) is 0 Å². The van der Waals surface area contributed by atoms with Gasteiger partial charge in [0, 0.05) is 10.5 Å². The van der Waals surface area contributed by atoms with Gasteiger partial charge >= 0.3 is 5.69 Å². The maximum absolute atomic E-state index is 11.9. The Bertz CT molecular complexity index is 595. The number of benzene rings is 1. The molecule has 3 nitrogen and oxygen atoms in total. The summed E-state index contributed by atoms with van der Waals surface area (Å²) < 4.78 is 2.90. The van der Waals surface area contributed by atoms with Gasteiger partial charge in [-0.3, -0.25) is 4.57 Å². The molecule has 1 heterocycles. The third-order valence-corrected chi connectivity index (χ3v) is 3.88. The highest BCUT2D eigenvalue weighted by atomic mass is 79.9. The van der Waals surface area contributed by atoms with E-state index in [9.17, 15) is 4.79 Å². The van der Waals surface area contributed by atoms with Crippen LogP contribution in [0.15, 0.2) is 27.5 Å². The zero-order valence-electron chi connectivity index (χ0n) is 9.03. The van der Waals surface area contributed by atoms with Crippen LogP contribution in [0.2, 0.25) is 0 Å². The lowest BCUT2D eigenvalue weighted by Crippen LogP contribution is -2.21. The lowest BCUT2D eigenvalue weighted by Gasteiger charge is -2.12. The van der Waals surface area contributed by atoms with Crippen molar-refractivity contribution in [2.24, 2.45) is 5.92 Å². The molecule has 1 fully saturated rings. The zero-order valence-corrected chi connectivity index (χ0v) is 10.6. The van der Waals surface area contributed by atoms with Gasteiger partial charge in [0.1, 0.15) is 0 Å². The third-order valence-electron chi connectivity index (χ3n) is 3.39. The smallest absolute Gasteiger partial charge is 0.306 e. The molecule has 1 aliphatic carbocycles. The predicted molar refractivity (Wildman–Crippen MR) is 67.7 cm³/mol. The SMILES string of the molecule is CC(C1CC1)n1c(=O)[nH]c2ccc(Br)cc21. The summed E-state index contributed by atoms with van der Waals surface area (Å²) >= 11 is 3.45. The molecule has 1 aromatic heterocycles. The molecule has 84 valence electrons. The van der Waals surface area contributed by atoms with Gasteiger partial charge in [-0.2, -0.15) is 0 Å². The molecule has 0 spiro atoms. The van der Waals surface area contributed by atoms with Crippen molar-refractivity contribution < 1.29 is 0 Å². The summed E-state index contributed by atoms with van der Waals surface area (Å²) in [6.45, 7) is 2.13. The number of fused-ring (bicyclic) bond motifs is 1. The van der Waals surface area contributed by atoms with Crippen molar-refractivity contribution in [1.82, 2.24) is 9.55 Å². The van der Waals surface area contributed by atoms with Gasteiger partial charge in [0.05, 0.1) is 11.0 Å². The molecule has 1 aromatic carbocycles. The van der Waals surface area contributed by atoms with Crippen molar-refractivity contribution in [3.63, 3.8) is 0 Å². The van der Waals surface area contributed by atoms with Gasteiger partial charge < -0.3 is 4.98 Å². The normalized spacial score (nSPS) is 17.9. The van der Waals surface area contributed by atoms with Gasteiger partial charge in [0.25, 0.3) is 0 Å². The predicted octanol–water partition coefficient (Wildman–Crippen LogP) is 3.06. The average molecular weight is 281 g/mol. The van der Waals surface area contributed by atoms with Gasteiger partial charge in [-0.15, -0.1) is 0 Å². The Kier molecular flexibility index (Phi) is 2.21. The van der Waals surface area contributed by atoms with E-state index in [1.165, 1.54) is 12.8 Å². The molecule has 1 unspecified atom stereocenters. The molecular weight excluding hydrogens is 268 g/mol. The number of aromatic nitrogens is 2. The van der Waals surface area contributed by atoms with Crippen LogP contribution in [-0.4, -0.2) is 9.55 Å². The van der Waals surface area contributed by atoms with Crippen molar-refractivity contribution in [3.05, 3.63) is 33.2 Å². The van der Waals surface area contributed by atoms with E-state index < -0.39 is 0 Å². The van der Waals surface area contributed by atoms with Crippen LogP contribution >= 0.6 is 15.9 Å². The fraction of sp³-hybridized carbons (Fsp3) is 0.417. The van der Waals surface area contributed by atoms with E-state index in [2.05, 4.69) is 27.8 Å². The molecule has 1 N–H and O–H groups in total. The number of nitrogens with zero attached hydrogens (tertiary/aromatic N) is 1. The highest BCUT2D eigenvalue weighted by Gasteiger charge is 2.30. The minimum Gasteiger partial charge on any atom is -0.306 e. The first-order valence-corrected chi connectivity index (χ1v) is 6.36. The lowest BCUT2D eigenvalue weighted by atomic mass is 10.2. The molecule has 0 radical (unpaired) electrons. The van der Waals surface area contributed by atoms with E-state index in [0.29, 0.717) is 12.0 Å². The molecule has 3 rings (SSSR count). The van der Waals surface area contributed by atoms with Crippen LogP contribution in [0.3, 0.4) is 0 Å². The first-order chi connectivity index (χ1) is 7.66. The van der Waals surface area contributed by atoms with Crippen LogP contribution in [0.1, 0.15) is 25.8 Å². The van der Waals surface area contributed by atoms with E-state index in [1.54, 1.807) is 0 Å². The maximum atomic E-state index is 11.9. The molecule has 1 saturated carbocycles. The number of rotatable bonds is 2. The molecule has 0 aliphatic heterocycles. The van der Waals surface area contributed by atoms with E-state index >= 15 is 0 Å². The summed E-state index contributed by atoms with van der Waals surface area (Å²) in [4.78, 5) is 14.8. The molecule has 0 saturated heterocycles. The summed E-state index contributed by atoms with van der Waals surface area (Å²) in [6, 6.07) is 6.20. The Morgan fingerprint density at radius 3 is 2.94 bits per heavy atom. The second-order valence-electron chi connectivity index (χ2n) is 4.54. The molecule has 2 aromatic rings.